The molecule has 4 aromatic carbocycles. The van der Waals surface area contributed by atoms with Gasteiger partial charge in [-0.05, 0) is 105 Å². The van der Waals surface area contributed by atoms with Crippen LogP contribution in [-0.4, -0.2) is 38.7 Å². The summed E-state index contributed by atoms with van der Waals surface area (Å²) >= 11 is 3.54. The summed E-state index contributed by atoms with van der Waals surface area (Å²) in [6.07, 6.45) is 3.32. The van der Waals surface area contributed by atoms with Gasteiger partial charge < -0.3 is 19.1 Å². The molecule has 0 aromatic heterocycles. The molecule has 1 aliphatic rings. The van der Waals surface area contributed by atoms with E-state index < -0.39 is 5.97 Å². The van der Waals surface area contributed by atoms with E-state index >= 15 is 0 Å². The third-order valence-electron chi connectivity index (χ3n) is 7.74. The van der Waals surface area contributed by atoms with Crippen molar-refractivity contribution in [3.63, 3.8) is 0 Å². The smallest absolute Gasteiger partial charge is 0.341 e. The van der Waals surface area contributed by atoms with Crippen LogP contribution in [0.15, 0.2) is 89.4 Å². The van der Waals surface area contributed by atoms with Crippen LogP contribution in [0.2, 0.25) is 0 Å². The van der Waals surface area contributed by atoms with Gasteiger partial charge in [0.1, 0.15) is 28.6 Å². The van der Waals surface area contributed by atoms with Crippen molar-refractivity contribution in [3.8, 4) is 17.2 Å². The lowest BCUT2D eigenvalue weighted by Gasteiger charge is -2.38. The molecule has 0 bridgehead atoms. The summed E-state index contributed by atoms with van der Waals surface area (Å²) in [5.41, 5.74) is 6.56. The number of hydrogen-bond donors (Lipinski definition) is 1. The van der Waals surface area contributed by atoms with Crippen molar-refractivity contribution in [2.75, 3.05) is 36.1 Å². The van der Waals surface area contributed by atoms with E-state index in [-0.39, 0.29) is 23.7 Å². The van der Waals surface area contributed by atoms with Gasteiger partial charge in [-0.2, -0.15) is 0 Å². The van der Waals surface area contributed by atoms with E-state index in [1.165, 1.54) is 32.8 Å². The Labute approximate surface area is 270 Å². The van der Waals surface area contributed by atoms with Crippen LogP contribution in [-0.2, 0) is 16.0 Å². The topological polar surface area (TPSA) is 80.3 Å². The van der Waals surface area contributed by atoms with E-state index in [9.17, 15) is 14.0 Å². The van der Waals surface area contributed by atoms with E-state index in [4.69, 9.17) is 14.2 Å². The number of carbonyl (C=O) groups excluding carboxylic acids is 2. The van der Waals surface area contributed by atoms with Crippen LogP contribution in [0.4, 0.5) is 21.5 Å². The molecular formula is C35H35BrFN3O5. The van der Waals surface area contributed by atoms with Crippen molar-refractivity contribution in [3.05, 3.63) is 106 Å². The van der Waals surface area contributed by atoms with Gasteiger partial charge in [0, 0.05) is 17.1 Å². The fraction of sp³-hybridized carbons (Fsp3) is 0.257. The van der Waals surface area contributed by atoms with Crippen LogP contribution in [0.25, 0.3) is 0 Å². The SMILES string of the molecule is COC(=O)c1cc(Br)c(CC(=O)N(Nc2ccc(Oc3ccc(F)cc3)cc2)c2ccccc2N2CCCCC2C)cc1OC. The molecule has 8 nitrogen and oxygen atoms in total. The molecule has 5 rings (SSSR count). The number of nitrogens with one attached hydrogen (secondary N) is 1. The number of para-hydroxylation sites is 2. The first-order valence-electron chi connectivity index (χ1n) is 14.7. The average Bonchev–Trinajstić information content (AvgIpc) is 3.06. The number of esters is 1. The minimum absolute atomic E-state index is 0.00104. The second-order valence-electron chi connectivity index (χ2n) is 10.8. The highest BCUT2D eigenvalue weighted by Crippen LogP contribution is 2.36. The summed E-state index contributed by atoms with van der Waals surface area (Å²) in [5, 5.41) is 1.57. The largest absolute Gasteiger partial charge is 0.496 e. The number of hydrogen-bond acceptors (Lipinski definition) is 7. The molecule has 0 aliphatic carbocycles. The van der Waals surface area contributed by atoms with Crippen molar-refractivity contribution in [1.29, 1.82) is 0 Å². The lowest BCUT2D eigenvalue weighted by atomic mass is 10.0. The number of amides is 1. The van der Waals surface area contributed by atoms with E-state index in [0.717, 1.165) is 30.8 Å². The van der Waals surface area contributed by atoms with Crippen molar-refractivity contribution in [2.45, 2.75) is 38.6 Å². The summed E-state index contributed by atoms with van der Waals surface area (Å²) in [6.45, 7) is 3.11. The van der Waals surface area contributed by atoms with E-state index in [2.05, 4.69) is 33.2 Å². The number of nitrogens with zero attached hydrogens (tertiary/aromatic N) is 2. The number of carbonyl (C=O) groups is 2. The Morgan fingerprint density at radius 3 is 2.33 bits per heavy atom. The second kappa shape index (κ2) is 14.5. The number of hydrazine groups is 1. The molecule has 0 spiro atoms. The van der Waals surface area contributed by atoms with Gasteiger partial charge in [0.05, 0.1) is 37.7 Å². The van der Waals surface area contributed by atoms with E-state index in [1.807, 2.05) is 36.4 Å². The number of ether oxygens (including phenoxy) is 3. The zero-order chi connectivity index (χ0) is 31.9. The predicted octanol–water partition coefficient (Wildman–Crippen LogP) is 8.16. The van der Waals surface area contributed by atoms with Crippen molar-refractivity contribution in [1.82, 2.24) is 0 Å². The summed E-state index contributed by atoms with van der Waals surface area (Å²) in [4.78, 5) is 28.9. The van der Waals surface area contributed by atoms with Crippen molar-refractivity contribution < 1.29 is 28.2 Å². The van der Waals surface area contributed by atoms with Crippen LogP contribution in [0, 0.1) is 5.82 Å². The molecular weight excluding hydrogens is 641 g/mol. The molecule has 1 amide bonds. The van der Waals surface area contributed by atoms with Crippen molar-refractivity contribution in [2.24, 2.45) is 0 Å². The van der Waals surface area contributed by atoms with Crippen LogP contribution >= 0.6 is 15.9 Å². The van der Waals surface area contributed by atoms with Gasteiger partial charge in [-0.15, -0.1) is 0 Å². The van der Waals surface area contributed by atoms with Gasteiger partial charge in [0.15, 0.2) is 0 Å². The first-order chi connectivity index (χ1) is 21.8. The first kappa shape index (κ1) is 31.8. The Balaban J connectivity index is 1.47. The van der Waals surface area contributed by atoms with Gasteiger partial charge in [0.2, 0.25) is 5.91 Å². The quantitative estimate of drug-likeness (QED) is 0.134. The Morgan fingerprint density at radius 2 is 1.67 bits per heavy atom. The maximum absolute atomic E-state index is 14.2. The zero-order valence-corrected chi connectivity index (χ0v) is 27.0. The zero-order valence-electron chi connectivity index (χ0n) is 25.4. The Kier molecular flexibility index (Phi) is 10.2. The van der Waals surface area contributed by atoms with Crippen LogP contribution in [0.1, 0.15) is 42.1 Å². The number of rotatable bonds is 10. The standard InChI is InChI=1S/C35H35BrFN3O5/c1-23-8-6-7-19-39(23)31-9-4-5-10-32(31)40(34(41)21-24-20-33(43-2)29(22-30(24)36)35(42)44-3)38-26-13-17-28(18-14-26)45-27-15-11-25(37)12-16-27/h4-5,9-18,20,22-23,38H,6-8,19,21H2,1-3H3. The normalized spacial score (nSPS) is 14.4. The van der Waals surface area contributed by atoms with Crippen LogP contribution in [0.5, 0.6) is 17.2 Å². The highest BCUT2D eigenvalue weighted by molar-refractivity contribution is 9.10. The van der Waals surface area contributed by atoms with Gasteiger partial charge in [-0.25, -0.2) is 14.2 Å². The molecule has 45 heavy (non-hydrogen) atoms. The number of methoxy groups -OCH3 is 2. The highest BCUT2D eigenvalue weighted by Gasteiger charge is 2.27. The van der Waals surface area contributed by atoms with Gasteiger partial charge >= 0.3 is 5.97 Å². The van der Waals surface area contributed by atoms with Gasteiger partial charge in [0.25, 0.3) is 0 Å². The summed E-state index contributed by atoms with van der Waals surface area (Å²) < 4.78 is 30.1. The fourth-order valence-corrected chi connectivity index (χ4v) is 5.87. The minimum atomic E-state index is -0.537. The summed E-state index contributed by atoms with van der Waals surface area (Å²) in [7, 11) is 2.77. The monoisotopic (exact) mass is 675 g/mol. The maximum Gasteiger partial charge on any atom is 0.341 e. The number of benzene rings is 4. The number of halogens is 2. The van der Waals surface area contributed by atoms with Gasteiger partial charge in [-0.3, -0.25) is 10.2 Å². The fourth-order valence-electron chi connectivity index (χ4n) is 5.39. The molecule has 1 heterocycles. The molecule has 4 aromatic rings. The lowest BCUT2D eigenvalue weighted by Crippen LogP contribution is -2.42. The third kappa shape index (κ3) is 7.57. The Hall–Kier alpha value is -4.57. The summed E-state index contributed by atoms with van der Waals surface area (Å²) in [5.74, 6) is 0.284. The van der Waals surface area contributed by atoms with Crippen LogP contribution < -0.4 is 24.8 Å². The molecule has 1 N–H and O–H groups in total. The first-order valence-corrected chi connectivity index (χ1v) is 15.5. The molecule has 10 heteroatoms. The predicted molar refractivity (Wildman–Crippen MR) is 177 cm³/mol. The third-order valence-corrected chi connectivity index (χ3v) is 8.48. The Morgan fingerprint density at radius 1 is 0.978 bits per heavy atom. The van der Waals surface area contributed by atoms with Crippen molar-refractivity contribution >= 4 is 44.9 Å². The average molecular weight is 677 g/mol. The minimum Gasteiger partial charge on any atom is -0.496 e. The molecule has 1 unspecified atom stereocenters. The molecule has 1 atom stereocenters. The molecule has 0 saturated carbocycles. The number of piperidine rings is 1. The molecule has 1 aliphatic heterocycles. The molecule has 1 saturated heterocycles. The van der Waals surface area contributed by atoms with Gasteiger partial charge in [-0.1, -0.05) is 28.1 Å². The molecule has 234 valence electrons. The molecule has 1 fully saturated rings. The highest BCUT2D eigenvalue weighted by atomic mass is 79.9. The maximum atomic E-state index is 14.2. The Bertz CT molecular complexity index is 1650. The summed E-state index contributed by atoms with van der Waals surface area (Å²) in [6, 6.07) is 24.5. The van der Waals surface area contributed by atoms with Crippen LogP contribution in [0.3, 0.4) is 0 Å². The second-order valence-corrected chi connectivity index (χ2v) is 11.6. The number of anilines is 3. The van der Waals surface area contributed by atoms with E-state index in [0.29, 0.717) is 39.0 Å². The molecule has 0 radical (unpaired) electrons. The lowest BCUT2D eigenvalue weighted by molar-refractivity contribution is -0.117. The van der Waals surface area contributed by atoms with E-state index in [1.54, 1.807) is 41.4 Å².